The zero-order valence-corrected chi connectivity index (χ0v) is 13.1. The number of alkyl halides is 3. The first-order valence-electron chi connectivity index (χ1n) is 7.28. The smallest absolute Gasteiger partial charge is 0.417 e. The molecule has 0 radical (unpaired) electrons. The van der Waals surface area contributed by atoms with Crippen LogP contribution in [0.2, 0.25) is 0 Å². The molecule has 1 aromatic heterocycles. The quantitative estimate of drug-likeness (QED) is 0.655. The lowest BCUT2D eigenvalue weighted by molar-refractivity contribution is -0.136. The molecule has 3 aromatic rings. The van der Waals surface area contributed by atoms with Gasteiger partial charge in [-0.15, -0.1) is 0 Å². The number of hydrogen-bond donors (Lipinski definition) is 0. The van der Waals surface area contributed by atoms with Crippen LogP contribution in [0.15, 0.2) is 57.7 Å². The highest BCUT2D eigenvalue weighted by Gasteiger charge is 2.33. The van der Waals surface area contributed by atoms with Crippen LogP contribution in [0.3, 0.4) is 0 Å². The Morgan fingerprint density at radius 2 is 1.84 bits per heavy atom. The summed E-state index contributed by atoms with van der Waals surface area (Å²) in [6.45, 7) is 0.152. The van der Waals surface area contributed by atoms with Crippen LogP contribution in [0.4, 0.5) is 13.2 Å². The van der Waals surface area contributed by atoms with Crippen molar-refractivity contribution in [1.29, 1.82) is 0 Å². The lowest BCUT2D eigenvalue weighted by Gasteiger charge is -2.12. The van der Waals surface area contributed by atoms with E-state index in [-0.39, 0.29) is 23.3 Å². The predicted molar refractivity (Wildman–Crippen MR) is 84.8 cm³/mol. The molecule has 0 aliphatic carbocycles. The van der Waals surface area contributed by atoms with Crippen LogP contribution in [0.5, 0.6) is 11.5 Å². The number of hydrogen-bond acceptors (Lipinski definition) is 4. The lowest BCUT2D eigenvalue weighted by atomic mass is 10.1. The van der Waals surface area contributed by atoms with Crippen LogP contribution in [0, 0.1) is 0 Å². The van der Waals surface area contributed by atoms with Gasteiger partial charge in [0.2, 0.25) is 0 Å². The molecule has 0 fully saturated rings. The van der Waals surface area contributed by atoms with Crippen LogP contribution in [0.1, 0.15) is 11.1 Å². The van der Waals surface area contributed by atoms with Gasteiger partial charge in [0.25, 0.3) is 0 Å². The molecule has 0 N–H and O–H groups in total. The van der Waals surface area contributed by atoms with E-state index in [0.717, 1.165) is 5.56 Å². The summed E-state index contributed by atoms with van der Waals surface area (Å²) < 4.78 is 54.7. The highest BCUT2D eigenvalue weighted by atomic mass is 19.4. The molecular weight excluding hydrogens is 337 g/mol. The molecule has 0 unspecified atom stereocenters. The molecule has 0 amide bonds. The van der Waals surface area contributed by atoms with Crippen molar-refractivity contribution in [2.75, 3.05) is 7.11 Å². The molecule has 3 rings (SSSR count). The summed E-state index contributed by atoms with van der Waals surface area (Å²) >= 11 is 0. The van der Waals surface area contributed by atoms with Gasteiger partial charge in [-0.3, -0.25) is 0 Å². The van der Waals surface area contributed by atoms with Gasteiger partial charge in [-0.05, 0) is 18.2 Å². The van der Waals surface area contributed by atoms with E-state index in [4.69, 9.17) is 13.9 Å². The van der Waals surface area contributed by atoms with Crippen molar-refractivity contribution < 1.29 is 27.1 Å². The first-order valence-corrected chi connectivity index (χ1v) is 7.28. The molecular formula is C18H13F3O4. The van der Waals surface area contributed by atoms with Crippen molar-refractivity contribution in [2.24, 2.45) is 0 Å². The zero-order valence-electron chi connectivity index (χ0n) is 13.1. The van der Waals surface area contributed by atoms with Crippen molar-refractivity contribution in [1.82, 2.24) is 0 Å². The SMILES string of the molecule is COc1ccccc1COc1ccc2c(C(F)(F)F)cc(=O)oc2c1. The van der Waals surface area contributed by atoms with Crippen molar-refractivity contribution >= 4 is 11.0 Å². The maximum Gasteiger partial charge on any atom is 0.417 e. The topological polar surface area (TPSA) is 48.7 Å². The minimum Gasteiger partial charge on any atom is -0.496 e. The Bertz CT molecular complexity index is 960. The Kier molecular flexibility index (Phi) is 4.39. The molecule has 2 aromatic carbocycles. The van der Waals surface area contributed by atoms with Crippen LogP contribution in [-0.2, 0) is 12.8 Å². The van der Waals surface area contributed by atoms with Gasteiger partial charge in [-0.25, -0.2) is 4.79 Å². The summed E-state index contributed by atoms with van der Waals surface area (Å²) in [5.41, 5.74) is -1.51. The third kappa shape index (κ3) is 3.60. The minimum absolute atomic E-state index is 0.152. The van der Waals surface area contributed by atoms with E-state index in [1.807, 2.05) is 18.2 Å². The summed E-state index contributed by atoms with van der Waals surface area (Å²) in [6, 6.07) is 11.5. The molecule has 7 heteroatoms. The Morgan fingerprint density at radius 1 is 1.08 bits per heavy atom. The fraction of sp³-hybridized carbons (Fsp3) is 0.167. The molecule has 0 aliphatic heterocycles. The van der Waals surface area contributed by atoms with Gasteiger partial charge in [0, 0.05) is 23.1 Å². The van der Waals surface area contributed by atoms with E-state index < -0.39 is 17.4 Å². The zero-order chi connectivity index (χ0) is 18.0. The Morgan fingerprint density at radius 3 is 2.56 bits per heavy atom. The first kappa shape index (κ1) is 16.9. The number of para-hydroxylation sites is 1. The number of fused-ring (bicyclic) bond motifs is 1. The second-order valence-electron chi connectivity index (χ2n) is 5.24. The summed E-state index contributed by atoms with van der Waals surface area (Å²) in [6.07, 6.45) is -4.64. The molecule has 0 spiro atoms. The monoisotopic (exact) mass is 350 g/mol. The van der Waals surface area contributed by atoms with E-state index in [1.165, 1.54) is 25.3 Å². The largest absolute Gasteiger partial charge is 0.496 e. The summed E-state index contributed by atoms with van der Waals surface area (Å²) in [5.74, 6) is 0.912. The second-order valence-corrected chi connectivity index (χ2v) is 5.24. The van der Waals surface area contributed by atoms with E-state index in [0.29, 0.717) is 11.8 Å². The standard InChI is InChI=1S/C18H13F3O4/c1-23-15-5-3-2-4-11(15)10-24-12-6-7-13-14(18(19,20)21)9-17(22)25-16(13)8-12/h2-9H,10H2,1H3. The summed E-state index contributed by atoms with van der Waals surface area (Å²) in [7, 11) is 1.53. The number of rotatable bonds is 4. The third-order valence-corrected chi connectivity index (χ3v) is 3.61. The van der Waals surface area contributed by atoms with Gasteiger partial charge in [-0.2, -0.15) is 13.2 Å². The van der Waals surface area contributed by atoms with Crippen LogP contribution >= 0.6 is 0 Å². The Labute approximate surface area is 140 Å². The fourth-order valence-corrected chi connectivity index (χ4v) is 2.45. The molecule has 0 atom stereocenters. The van der Waals surface area contributed by atoms with Gasteiger partial charge < -0.3 is 13.9 Å². The average Bonchev–Trinajstić information content (AvgIpc) is 2.58. The Balaban J connectivity index is 1.93. The summed E-state index contributed by atoms with van der Waals surface area (Å²) in [5, 5.41) is -0.197. The first-order chi connectivity index (χ1) is 11.9. The molecule has 0 aliphatic rings. The van der Waals surface area contributed by atoms with Crippen molar-refractivity contribution in [3.63, 3.8) is 0 Å². The highest BCUT2D eigenvalue weighted by Crippen LogP contribution is 2.35. The van der Waals surface area contributed by atoms with Gasteiger partial charge in [-0.1, -0.05) is 18.2 Å². The second kappa shape index (κ2) is 6.51. The minimum atomic E-state index is -4.64. The summed E-state index contributed by atoms with van der Waals surface area (Å²) in [4.78, 5) is 11.4. The van der Waals surface area contributed by atoms with Gasteiger partial charge in [0.05, 0.1) is 12.7 Å². The average molecular weight is 350 g/mol. The molecule has 130 valence electrons. The maximum absolute atomic E-state index is 13.0. The van der Waals surface area contributed by atoms with Gasteiger partial charge in [0.15, 0.2) is 0 Å². The number of methoxy groups -OCH3 is 1. The van der Waals surface area contributed by atoms with Crippen molar-refractivity contribution in [2.45, 2.75) is 12.8 Å². The molecule has 0 bridgehead atoms. The van der Waals surface area contributed by atoms with Gasteiger partial charge >= 0.3 is 11.8 Å². The molecule has 4 nitrogen and oxygen atoms in total. The van der Waals surface area contributed by atoms with Crippen LogP contribution < -0.4 is 15.1 Å². The van der Waals surface area contributed by atoms with Crippen LogP contribution in [0.25, 0.3) is 11.0 Å². The molecule has 0 saturated heterocycles. The molecule has 25 heavy (non-hydrogen) atoms. The van der Waals surface area contributed by atoms with E-state index in [1.54, 1.807) is 6.07 Å². The van der Waals surface area contributed by atoms with E-state index in [2.05, 4.69) is 0 Å². The van der Waals surface area contributed by atoms with Crippen molar-refractivity contribution in [3.05, 3.63) is 70.1 Å². The third-order valence-electron chi connectivity index (χ3n) is 3.61. The molecule has 1 heterocycles. The van der Waals surface area contributed by atoms with Gasteiger partial charge in [0.1, 0.15) is 23.7 Å². The maximum atomic E-state index is 13.0. The lowest BCUT2D eigenvalue weighted by Crippen LogP contribution is -2.11. The van der Waals surface area contributed by atoms with Crippen LogP contribution in [-0.4, -0.2) is 7.11 Å². The highest BCUT2D eigenvalue weighted by molar-refractivity contribution is 5.82. The number of halogens is 3. The molecule has 0 saturated carbocycles. The van der Waals surface area contributed by atoms with E-state index in [9.17, 15) is 18.0 Å². The predicted octanol–water partition coefficient (Wildman–Crippen LogP) is 4.40. The van der Waals surface area contributed by atoms with E-state index >= 15 is 0 Å². The number of benzene rings is 2. The number of ether oxygens (including phenoxy) is 2. The Hall–Kier alpha value is -2.96. The fourth-order valence-electron chi connectivity index (χ4n) is 2.45. The van der Waals surface area contributed by atoms with Crippen molar-refractivity contribution in [3.8, 4) is 11.5 Å². The normalized spacial score (nSPS) is 11.5.